The average Bonchev–Trinajstić information content (AvgIpc) is 2.19. The van der Waals surface area contributed by atoms with Crippen molar-refractivity contribution >= 4 is 6.41 Å². The largest absolute Gasteiger partial charge is 0.367 e. The van der Waals surface area contributed by atoms with Gasteiger partial charge in [0.05, 0.1) is 0 Å². The summed E-state index contributed by atoms with van der Waals surface area (Å²) in [7, 11) is 0. The van der Waals surface area contributed by atoms with Crippen molar-refractivity contribution in [2.24, 2.45) is 0 Å². The van der Waals surface area contributed by atoms with Gasteiger partial charge in [0, 0.05) is 39.3 Å². The third kappa shape index (κ3) is 3.61. The summed E-state index contributed by atoms with van der Waals surface area (Å²) < 4.78 is 5.02. The average molecular weight is 201 g/mol. The van der Waals surface area contributed by atoms with Crippen LogP contribution in [0.5, 0.6) is 0 Å². The molecular formula is C9H17N2O3. The zero-order valence-corrected chi connectivity index (χ0v) is 8.48. The number of aliphatic hydroxyl groups is 1. The lowest BCUT2D eigenvalue weighted by atomic mass is 10.3. The molecule has 0 aromatic rings. The summed E-state index contributed by atoms with van der Waals surface area (Å²) in [5, 5.41) is 9.37. The summed E-state index contributed by atoms with van der Waals surface area (Å²) >= 11 is 0. The topological polar surface area (TPSA) is 53.0 Å². The maximum atomic E-state index is 10.3. The highest BCUT2D eigenvalue weighted by Gasteiger charge is 2.18. The van der Waals surface area contributed by atoms with E-state index in [1.807, 2.05) is 13.3 Å². The van der Waals surface area contributed by atoms with Gasteiger partial charge in [-0.1, -0.05) is 0 Å². The van der Waals surface area contributed by atoms with Gasteiger partial charge in [0.1, 0.15) is 0 Å². The highest BCUT2D eigenvalue weighted by Crippen LogP contribution is 2.01. The van der Waals surface area contributed by atoms with E-state index >= 15 is 0 Å². The molecule has 1 amide bonds. The maximum absolute atomic E-state index is 10.3. The number of nitrogens with zero attached hydrogens (tertiary/aromatic N) is 2. The summed E-state index contributed by atoms with van der Waals surface area (Å²) in [6, 6.07) is 0. The fourth-order valence-electron chi connectivity index (χ4n) is 1.49. The molecule has 0 aromatic carbocycles. The molecule has 5 heteroatoms. The Morgan fingerprint density at radius 3 is 2.57 bits per heavy atom. The van der Waals surface area contributed by atoms with Crippen LogP contribution in [0.3, 0.4) is 0 Å². The molecule has 1 aliphatic rings. The van der Waals surface area contributed by atoms with Gasteiger partial charge >= 0.3 is 6.41 Å². The third-order valence-corrected chi connectivity index (χ3v) is 2.27. The minimum Gasteiger partial charge on any atom is -0.367 e. The van der Waals surface area contributed by atoms with Gasteiger partial charge in [-0.2, -0.15) is 0 Å². The van der Waals surface area contributed by atoms with E-state index in [-0.39, 0.29) is 0 Å². The van der Waals surface area contributed by atoms with Gasteiger partial charge < -0.3 is 14.7 Å². The zero-order valence-electron chi connectivity index (χ0n) is 8.48. The molecule has 81 valence electrons. The van der Waals surface area contributed by atoms with Crippen molar-refractivity contribution in [2.75, 3.05) is 39.3 Å². The Balaban J connectivity index is 2.18. The van der Waals surface area contributed by atoms with E-state index in [0.29, 0.717) is 26.2 Å². The van der Waals surface area contributed by atoms with E-state index in [4.69, 9.17) is 4.74 Å². The minimum atomic E-state index is -0.716. The van der Waals surface area contributed by atoms with Gasteiger partial charge in [-0.3, -0.25) is 9.69 Å². The van der Waals surface area contributed by atoms with Crippen LogP contribution in [0.25, 0.3) is 0 Å². The molecule has 1 atom stereocenters. The molecule has 5 nitrogen and oxygen atoms in total. The number of rotatable bonds is 5. The van der Waals surface area contributed by atoms with Crippen LogP contribution >= 0.6 is 0 Å². The quantitative estimate of drug-likeness (QED) is 0.581. The van der Waals surface area contributed by atoms with Gasteiger partial charge in [-0.05, 0) is 6.92 Å². The van der Waals surface area contributed by atoms with Crippen molar-refractivity contribution in [2.45, 2.75) is 13.2 Å². The predicted octanol–water partition coefficient (Wildman–Crippen LogP) is -0.974. The number of hydrogen-bond donors (Lipinski definition) is 1. The van der Waals surface area contributed by atoms with Crippen molar-refractivity contribution in [3.8, 4) is 0 Å². The molecule has 1 fully saturated rings. The van der Waals surface area contributed by atoms with E-state index in [0.717, 1.165) is 13.1 Å². The number of amides is 1. The second-order valence-corrected chi connectivity index (χ2v) is 3.29. The van der Waals surface area contributed by atoms with Crippen LogP contribution in [0.15, 0.2) is 0 Å². The number of piperazine rings is 1. The van der Waals surface area contributed by atoms with Crippen LogP contribution in [-0.2, 0) is 9.53 Å². The number of aliphatic hydroxyl groups excluding tert-OH is 1. The van der Waals surface area contributed by atoms with Crippen LogP contribution < -0.4 is 0 Å². The lowest BCUT2D eigenvalue weighted by molar-refractivity contribution is -0.111. The SMILES string of the molecule is CCOC(O)CN1CCN([C]=O)CC1. The first-order valence-corrected chi connectivity index (χ1v) is 4.91. The normalized spacial score (nSPS) is 20.9. The second kappa shape index (κ2) is 5.95. The molecule has 14 heavy (non-hydrogen) atoms. The molecule has 1 aliphatic heterocycles. The molecular weight excluding hydrogens is 184 g/mol. The molecule has 0 aliphatic carbocycles. The number of β-amino-alcohol motifs (C(OH)–C–C–N with tert-alkyl or cyclic N) is 1. The second-order valence-electron chi connectivity index (χ2n) is 3.29. The Kier molecular flexibility index (Phi) is 4.86. The van der Waals surface area contributed by atoms with Crippen LogP contribution in [0.1, 0.15) is 6.92 Å². The molecule has 1 heterocycles. The van der Waals surface area contributed by atoms with Gasteiger partial charge in [0.15, 0.2) is 6.29 Å². The first-order chi connectivity index (χ1) is 6.76. The lowest BCUT2D eigenvalue weighted by Crippen LogP contribution is -2.48. The molecule has 1 saturated heterocycles. The maximum Gasteiger partial charge on any atom is 0.312 e. The molecule has 0 spiro atoms. The van der Waals surface area contributed by atoms with Crippen molar-refractivity contribution in [3.63, 3.8) is 0 Å². The number of carbonyl (C=O) groups excluding carboxylic acids is 1. The van der Waals surface area contributed by atoms with E-state index < -0.39 is 6.29 Å². The summed E-state index contributed by atoms with van der Waals surface area (Å²) in [6.07, 6.45) is 1.15. The van der Waals surface area contributed by atoms with Crippen molar-refractivity contribution in [3.05, 3.63) is 0 Å². The first-order valence-electron chi connectivity index (χ1n) is 4.91. The van der Waals surface area contributed by atoms with Crippen molar-refractivity contribution < 1.29 is 14.6 Å². The Morgan fingerprint density at radius 2 is 2.07 bits per heavy atom. The summed E-state index contributed by atoms with van der Waals surface area (Å²) in [6.45, 7) is 5.80. The third-order valence-electron chi connectivity index (χ3n) is 2.27. The van der Waals surface area contributed by atoms with Crippen LogP contribution in [0, 0.1) is 0 Å². The van der Waals surface area contributed by atoms with E-state index in [1.165, 1.54) is 0 Å². The van der Waals surface area contributed by atoms with Crippen LogP contribution in [0.2, 0.25) is 0 Å². The fraction of sp³-hybridized carbons (Fsp3) is 0.889. The molecule has 1 N–H and O–H groups in total. The zero-order chi connectivity index (χ0) is 10.4. The van der Waals surface area contributed by atoms with Crippen molar-refractivity contribution in [1.29, 1.82) is 0 Å². The predicted molar refractivity (Wildman–Crippen MR) is 51.3 cm³/mol. The van der Waals surface area contributed by atoms with E-state index in [2.05, 4.69) is 4.90 Å². The summed E-state index contributed by atoms with van der Waals surface area (Å²) in [5.74, 6) is 0. The van der Waals surface area contributed by atoms with Crippen LogP contribution in [-0.4, -0.2) is 66.9 Å². The number of hydrogen-bond acceptors (Lipinski definition) is 4. The van der Waals surface area contributed by atoms with Gasteiger partial charge in [0.25, 0.3) is 0 Å². The Bertz CT molecular complexity index is 169. The van der Waals surface area contributed by atoms with E-state index in [9.17, 15) is 9.90 Å². The molecule has 0 saturated carbocycles. The van der Waals surface area contributed by atoms with Gasteiger partial charge in [-0.15, -0.1) is 0 Å². The monoisotopic (exact) mass is 201 g/mol. The fourth-order valence-corrected chi connectivity index (χ4v) is 1.49. The smallest absolute Gasteiger partial charge is 0.312 e. The van der Waals surface area contributed by atoms with E-state index in [1.54, 1.807) is 4.90 Å². The Hall–Kier alpha value is -0.650. The Labute approximate surface area is 84.2 Å². The van der Waals surface area contributed by atoms with Crippen LogP contribution in [0.4, 0.5) is 0 Å². The Morgan fingerprint density at radius 1 is 1.43 bits per heavy atom. The molecule has 1 rings (SSSR count). The summed E-state index contributed by atoms with van der Waals surface area (Å²) in [4.78, 5) is 14.0. The highest BCUT2D eigenvalue weighted by molar-refractivity contribution is 5.48. The number of ether oxygens (including phenoxy) is 1. The molecule has 1 unspecified atom stereocenters. The molecule has 0 bridgehead atoms. The highest BCUT2D eigenvalue weighted by atomic mass is 16.6. The lowest BCUT2D eigenvalue weighted by Gasteiger charge is -2.32. The summed E-state index contributed by atoms with van der Waals surface area (Å²) in [5.41, 5.74) is 0. The van der Waals surface area contributed by atoms with Gasteiger partial charge in [-0.25, -0.2) is 0 Å². The molecule has 1 radical (unpaired) electrons. The minimum absolute atomic E-state index is 0.514. The van der Waals surface area contributed by atoms with Crippen molar-refractivity contribution in [1.82, 2.24) is 9.80 Å². The standard InChI is InChI=1S/C9H17N2O3/c1-2-14-9(13)7-10-3-5-11(8-12)6-4-10/h9,13H,2-7H2,1H3. The molecule has 0 aromatic heterocycles. The van der Waals surface area contributed by atoms with Gasteiger partial charge in [0.2, 0.25) is 0 Å². The first kappa shape index (κ1) is 11.4.